The standard InChI is InChI=1S/C23H19F6N9O2S/c24-22(25,26)20-31-7-13(8-32-20)17-19(41-21(34-17)23(27,28)29)36-5-6-38(14(9-36)11-39)16(40)10-37-12-33-18(35-37)15-3-1-2-4-30-15/h1-4,7-8,12,14,39H,5-6,9-11H2/t14-/m1/s1. The van der Waals surface area contributed by atoms with Gasteiger partial charge >= 0.3 is 12.4 Å². The SMILES string of the molecule is O=C(Cn1cnc(-c2ccccn2)n1)N1CCN(c2sc(C(F)(F)F)nc2-c2cnc(C(F)(F)F)nc2)C[C@@H]1CO. The number of nitrogens with zero attached hydrogens (tertiary/aromatic N) is 9. The van der Waals surface area contributed by atoms with E-state index in [1.807, 2.05) is 0 Å². The molecule has 216 valence electrons. The highest BCUT2D eigenvalue weighted by molar-refractivity contribution is 7.16. The van der Waals surface area contributed by atoms with Gasteiger partial charge in [0, 0.05) is 43.8 Å². The van der Waals surface area contributed by atoms with Gasteiger partial charge in [-0.05, 0) is 12.1 Å². The van der Waals surface area contributed by atoms with Gasteiger partial charge in [0.05, 0.1) is 12.6 Å². The van der Waals surface area contributed by atoms with E-state index in [0.29, 0.717) is 22.9 Å². The Morgan fingerprint density at radius 3 is 2.41 bits per heavy atom. The van der Waals surface area contributed by atoms with Crippen LogP contribution in [-0.2, 0) is 23.7 Å². The molecule has 0 radical (unpaired) electrons. The zero-order valence-electron chi connectivity index (χ0n) is 20.7. The van der Waals surface area contributed by atoms with E-state index in [-0.39, 0.29) is 42.4 Å². The van der Waals surface area contributed by atoms with Gasteiger partial charge in [0.2, 0.25) is 16.7 Å². The van der Waals surface area contributed by atoms with Gasteiger partial charge in [-0.3, -0.25) is 9.78 Å². The first-order valence-electron chi connectivity index (χ1n) is 11.9. The van der Waals surface area contributed by atoms with Crippen molar-refractivity contribution in [2.45, 2.75) is 24.9 Å². The Labute approximate surface area is 231 Å². The second kappa shape index (κ2) is 11.0. The summed E-state index contributed by atoms with van der Waals surface area (Å²) in [5, 5.41) is 13.1. The van der Waals surface area contributed by atoms with Crippen molar-refractivity contribution in [1.29, 1.82) is 0 Å². The van der Waals surface area contributed by atoms with Crippen LogP contribution in [0.25, 0.3) is 22.8 Å². The fourth-order valence-electron chi connectivity index (χ4n) is 4.17. The quantitative estimate of drug-likeness (QED) is 0.333. The Hall–Kier alpha value is -4.19. The zero-order valence-corrected chi connectivity index (χ0v) is 21.5. The Balaban J connectivity index is 1.35. The predicted molar refractivity (Wildman–Crippen MR) is 131 cm³/mol. The van der Waals surface area contributed by atoms with E-state index in [1.54, 1.807) is 24.4 Å². The lowest BCUT2D eigenvalue weighted by Crippen LogP contribution is -2.57. The number of aromatic nitrogens is 7. The summed E-state index contributed by atoms with van der Waals surface area (Å²) >= 11 is 0.302. The number of amides is 1. The average Bonchev–Trinajstić information content (AvgIpc) is 3.61. The van der Waals surface area contributed by atoms with Gasteiger partial charge in [0.1, 0.15) is 29.3 Å². The Morgan fingerprint density at radius 2 is 1.78 bits per heavy atom. The summed E-state index contributed by atoms with van der Waals surface area (Å²) in [7, 11) is 0. The number of hydrogen-bond acceptors (Lipinski definition) is 10. The van der Waals surface area contributed by atoms with Crippen LogP contribution in [-0.4, -0.2) is 82.9 Å². The summed E-state index contributed by atoms with van der Waals surface area (Å²) in [4.78, 5) is 34.4. The van der Waals surface area contributed by atoms with Crippen LogP contribution >= 0.6 is 11.3 Å². The highest BCUT2D eigenvalue weighted by Crippen LogP contribution is 2.43. The summed E-state index contributed by atoms with van der Waals surface area (Å²) in [6.07, 6.45) is -5.19. The molecule has 18 heteroatoms. The minimum atomic E-state index is -4.83. The maximum absolute atomic E-state index is 13.6. The molecular weight excluding hydrogens is 580 g/mol. The monoisotopic (exact) mass is 599 g/mol. The summed E-state index contributed by atoms with van der Waals surface area (Å²) in [6, 6.07) is 4.39. The van der Waals surface area contributed by atoms with Crippen LogP contribution in [0.5, 0.6) is 0 Å². The molecule has 0 unspecified atom stereocenters. The largest absolute Gasteiger partial charge is 0.451 e. The van der Waals surface area contributed by atoms with Crippen molar-refractivity contribution < 1.29 is 36.2 Å². The molecule has 4 aromatic rings. The number of piperazine rings is 1. The molecule has 11 nitrogen and oxygen atoms in total. The lowest BCUT2D eigenvalue weighted by atomic mass is 10.1. The maximum Gasteiger partial charge on any atom is 0.451 e. The van der Waals surface area contributed by atoms with Crippen molar-refractivity contribution in [3.63, 3.8) is 0 Å². The molecule has 1 N–H and O–H groups in total. The number of rotatable bonds is 6. The van der Waals surface area contributed by atoms with Gasteiger partial charge in [0.25, 0.3) is 0 Å². The second-order valence-corrected chi connectivity index (χ2v) is 9.79. The normalized spacial score (nSPS) is 16.3. The fourth-order valence-corrected chi connectivity index (χ4v) is 5.16. The topological polar surface area (TPSA) is 126 Å². The number of aliphatic hydroxyl groups excluding tert-OH is 1. The summed E-state index contributed by atoms with van der Waals surface area (Å²) < 4.78 is 80.6. The predicted octanol–water partition coefficient (Wildman–Crippen LogP) is 3.00. The third kappa shape index (κ3) is 6.12. The number of alkyl halides is 6. The van der Waals surface area contributed by atoms with Crippen LogP contribution in [0, 0.1) is 0 Å². The Bertz CT molecular complexity index is 1510. The van der Waals surface area contributed by atoms with Gasteiger partial charge in [-0.1, -0.05) is 17.4 Å². The molecule has 0 aliphatic carbocycles. The van der Waals surface area contributed by atoms with E-state index in [1.165, 1.54) is 20.8 Å². The molecule has 1 saturated heterocycles. The van der Waals surface area contributed by atoms with Crippen LogP contribution in [0.1, 0.15) is 10.8 Å². The zero-order chi connectivity index (χ0) is 29.4. The number of carbonyl (C=O) groups is 1. The van der Waals surface area contributed by atoms with Gasteiger partial charge in [-0.25, -0.2) is 24.6 Å². The number of pyridine rings is 1. The van der Waals surface area contributed by atoms with E-state index in [9.17, 15) is 36.2 Å². The highest BCUT2D eigenvalue weighted by Gasteiger charge is 2.39. The Kier molecular flexibility index (Phi) is 7.60. The molecule has 1 atom stereocenters. The van der Waals surface area contributed by atoms with Crippen molar-refractivity contribution >= 4 is 22.2 Å². The van der Waals surface area contributed by atoms with Crippen molar-refractivity contribution in [3.8, 4) is 22.8 Å². The molecule has 0 spiro atoms. The third-order valence-electron chi connectivity index (χ3n) is 6.06. The number of thiazole rings is 1. The lowest BCUT2D eigenvalue weighted by molar-refractivity contribution is -0.145. The summed E-state index contributed by atoms with van der Waals surface area (Å²) in [5.41, 5.74) is 0.114. The molecule has 1 aliphatic rings. The molecule has 1 amide bonds. The van der Waals surface area contributed by atoms with E-state index in [0.717, 1.165) is 12.4 Å². The van der Waals surface area contributed by atoms with Gasteiger partial charge in [-0.2, -0.15) is 26.3 Å². The van der Waals surface area contributed by atoms with Crippen molar-refractivity contribution in [1.82, 2.24) is 39.6 Å². The van der Waals surface area contributed by atoms with E-state index in [2.05, 4.69) is 30.0 Å². The average molecular weight is 600 g/mol. The van der Waals surface area contributed by atoms with Crippen molar-refractivity contribution in [2.24, 2.45) is 0 Å². The lowest BCUT2D eigenvalue weighted by Gasteiger charge is -2.41. The van der Waals surface area contributed by atoms with Gasteiger partial charge in [0.15, 0.2) is 5.82 Å². The minimum Gasteiger partial charge on any atom is -0.394 e. The molecule has 5 rings (SSSR count). The molecule has 0 aromatic carbocycles. The first-order valence-corrected chi connectivity index (χ1v) is 12.7. The minimum absolute atomic E-state index is 0.00233. The van der Waals surface area contributed by atoms with Crippen LogP contribution in [0.2, 0.25) is 0 Å². The summed E-state index contributed by atoms with van der Waals surface area (Å²) in [5.74, 6) is -1.54. The molecule has 0 bridgehead atoms. The van der Waals surface area contributed by atoms with Crippen LogP contribution < -0.4 is 4.90 Å². The first kappa shape index (κ1) is 28.3. The maximum atomic E-state index is 13.6. The second-order valence-electron chi connectivity index (χ2n) is 8.81. The van der Waals surface area contributed by atoms with Crippen LogP contribution in [0.3, 0.4) is 0 Å². The molecular formula is C23H19F6N9O2S. The van der Waals surface area contributed by atoms with Gasteiger partial charge < -0.3 is 14.9 Å². The fraction of sp³-hybridized carbons (Fsp3) is 0.348. The molecule has 41 heavy (non-hydrogen) atoms. The number of halogens is 6. The molecule has 5 heterocycles. The number of carbonyl (C=O) groups excluding carboxylic acids is 1. The first-order chi connectivity index (χ1) is 19.4. The van der Waals surface area contributed by atoms with E-state index >= 15 is 0 Å². The smallest absolute Gasteiger partial charge is 0.394 e. The Morgan fingerprint density at radius 1 is 1.02 bits per heavy atom. The summed E-state index contributed by atoms with van der Waals surface area (Å²) in [6.45, 7) is -0.667. The van der Waals surface area contributed by atoms with E-state index < -0.39 is 41.7 Å². The molecule has 4 aromatic heterocycles. The van der Waals surface area contributed by atoms with Crippen LogP contribution in [0.15, 0.2) is 43.1 Å². The molecule has 1 aliphatic heterocycles. The molecule has 1 fully saturated rings. The van der Waals surface area contributed by atoms with Gasteiger partial charge in [-0.15, -0.1) is 5.10 Å². The third-order valence-corrected chi connectivity index (χ3v) is 7.22. The van der Waals surface area contributed by atoms with Crippen LogP contribution in [0.4, 0.5) is 31.3 Å². The number of anilines is 1. The highest BCUT2D eigenvalue weighted by atomic mass is 32.1. The number of aliphatic hydroxyl groups is 1. The number of hydrogen-bond donors (Lipinski definition) is 1. The molecule has 0 saturated carbocycles. The van der Waals surface area contributed by atoms with Crippen molar-refractivity contribution in [3.05, 3.63) is 53.9 Å². The van der Waals surface area contributed by atoms with Crippen molar-refractivity contribution in [2.75, 3.05) is 31.1 Å². The van der Waals surface area contributed by atoms with E-state index in [4.69, 9.17) is 0 Å².